The van der Waals surface area contributed by atoms with Gasteiger partial charge in [0.1, 0.15) is 0 Å². The standard InChI is InChI=1S/C26H27N/c1-2-3-4-5-21-12-16-25(17-13-21)26-18-14-23(15-19-26)7-6-22-8-10-24(20-27)11-9-22/h8-14,16-17,26H,2-5,15,18-19H2,1H3. The van der Waals surface area contributed by atoms with E-state index in [0.717, 1.165) is 18.4 Å². The van der Waals surface area contributed by atoms with Crippen LogP contribution in [-0.4, -0.2) is 0 Å². The van der Waals surface area contributed by atoms with Gasteiger partial charge < -0.3 is 0 Å². The summed E-state index contributed by atoms with van der Waals surface area (Å²) in [5.74, 6) is 7.16. The third kappa shape index (κ3) is 5.60. The Morgan fingerprint density at radius 3 is 2.30 bits per heavy atom. The van der Waals surface area contributed by atoms with Crippen LogP contribution in [0.2, 0.25) is 0 Å². The van der Waals surface area contributed by atoms with Crippen LogP contribution < -0.4 is 0 Å². The number of hydrogen-bond donors (Lipinski definition) is 0. The molecule has 1 heteroatoms. The number of benzene rings is 2. The summed E-state index contributed by atoms with van der Waals surface area (Å²) in [6.07, 6.45) is 10.7. The third-order valence-corrected chi connectivity index (χ3v) is 5.31. The Morgan fingerprint density at radius 1 is 0.926 bits per heavy atom. The Kier molecular flexibility index (Phi) is 6.90. The molecule has 0 aromatic heterocycles. The summed E-state index contributed by atoms with van der Waals surface area (Å²) < 4.78 is 0. The molecule has 3 rings (SSSR count). The summed E-state index contributed by atoms with van der Waals surface area (Å²) in [4.78, 5) is 0. The van der Waals surface area contributed by atoms with E-state index in [1.165, 1.54) is 48.8 Å². The van der Waals surface area contributed by atoms with Crippen molar-refractivity contribution in [1.29, 1.82) is 5.26 Å². The smallest absolute Gasteiger partial charge is 0.0991 e. The molecule has 0 fully saturated rings. The molecule has 0 aliphatic heterocycles. The molecule has 0 spiro atoms. The second-order valence-corrected chi connectivity index (χ2v) is 7.34. The van der Waals surface area contributed by atoms with Crippen molar-refractivity contribution in [3.8, 4) is 17.9 Å². The normalized spacial score (nSPS) is 16.0. The Labute approximate surface area is 163 Å². The molecule has 136 valence electrons. The van der Waals surface area contributed by atoms with E-state index in [2.05, 4.69) is 55.2 Å². The molecule has 0 N–H and O–H groups in total. The van der Waals surface area contributed by atoms with Gasteiger partial charge in [0.2, 0.25) is 0 Å². The summed E-state index contributed by atoms with van der Waals surface area (Å²) in [5, 5.41) is 8.85. The van der Waals surface area contributed by atoms with Crippen LogP contribution in [0.5, 0.6) is 0 Å². The highest BCUT2D eigenvalue weighted by molar-refractivity contribution is 5.44. The van der Waals surface area contributed by atoms with Gasteiger partial charge in [-0.3, -0.25) is 0 Å². The van der Waals surface area contributed by atoms with Crippen molar-refractivity contribution in [1.82, 2.24) is 0 Å². The first-order valence-corrected chi connectivity index (χ1v) is 10.1. The molecule has 0 heterocycles. The minimum Gasteiger partial charge on any atom is -0.192 e. The maximum atomic E-state index is 8.85. The van der Waals surface area contributed by atoms with E-state index < -0.39 is 0 Å². The van der Waals surface area contributed by atoms with E-state index in [-0.39, 0.29) is 0 Å². The quantitative estimate of drug-likeness (QED) is 0.442. The largest absolute Gasteiger partial charge is 0.192 e. The molecule has 1 unspecified atom stereocenters. The number of unbranched alkanes of at least 4 members (excludes halogenated alkanes) is 2. The molecule has 1 nitrogen and oxygen atoms in total. The van der Waals surface area contributed by atoms with Gasteiger partial charge in [-0.25, -0.2) is 0 Å². The Bertz CT molecular complexity index is 867. The van der Waals surface area contributed by atoms with Crippen molar-refractivity contribution in [3.63, 3.8) is 0 Å². The SMILES string of the molecule is CCCCCc1ccc(C2CC=C(C#Cc3ccc(C#N)cc3)CC2)cc1. The van der Waals surface area contributed by atoms with Gasteiger partial charge in [0.15, 0.2) is 0 Å². The molecule has 1 atom stereocenters. The highest BCUT2D eigenvalue weighted by Gasteiger charge is 2.15. The summed E-state index contributed by atoms with van der Waals surface area (Å²) in [5.41, 5.74) is 5.82. The highest BCUT2D eigenvalue weighted by atomic mass is 14.2. The zero-order valence-electron chi connectivity index (χ0n) is 16.2. The Morgan fingerprint density at radius 2 is 1.67 bits per heavy atom. The maximum Gasteiger partial charge on any atom is 0.0991 e. The van der Waals surface area contributed by atoms with Crippen LogP contribution in [0.3, 0.4) is 0 Å². The van der Waals surface area contributed by atoms with Crippen LogP contribution in [-0.2, 0) is 6.42 Å². The van der Waals surface area contributed by atoms with Crippen molar-refractivity contribution in [2.45, 2.75) is 57.8 Å². The zero-order valence-corrected chi connectivity index (χ0v) is 16.2. The van der Waals surface area contributed by atoms with E-state index in [0.29, 0.717) is 11.5 Å². The van der Waals surface area contributed by atoms with Gasteiger partial charge in [-0.2, -0.15) is 5.26 Å². The van der Waals surface area contributed by atoms with Crippen LogP contribution in [0.15, 0.2) is 60.2 Å². The van der Waals surface area contributed by atoms with E-state index in [1.807, 2.05) is 24.3 Å². The zero-order chi connectivity index (χ0) is 18.9. The van der Waals surface area contributed by atoms with E-state index in [4.69, 9.17) is 5.26 Å². The molecule has 2 aromatic rings. The lowest BCUT2D eigenvalue weighted by molar-refractivity contribution is 0.607. The van der Waals surface area contributed by atoms with Gasteiger partial charge in [0.25, 0.3) is 0 Å². The van der Waals surface area contributed by atoms with Crippen molar-refractivity contribution < 1.29 is 0 Å². The molecule has 0 amide bonds. The van der Waals surface area contributed by atoms with Gasteiger partial charge in [0.05, 0.1) is 11.6 Å². The van der Waals surface area contributed by atoms with Crippen LogP contribution in [0, 0.1) is 23.2 Å². The van der Waals surface area contributed by atoms with Gasteiger partial charge in [-0.05, 0) is 79.0 Å². The molecule has 1 aliphatic carbocycles. The van der Waals surface area contributed by atoms with E-state index in [1.54, 1.807) is 0 Å². The summed E-state index contributed by atoms with van der Waals surface area (Å²) >= 11 is 0. The predicted molar refractivity (Wildman–Crippen MR) is 112 cm³/mol. The van der Waals surface area contributed by atoms with Gasteiger partial charge >= 0.3 is 0 Å². The van der Waals surface area contributed by atoms with Crippen LogP contribution in [0.4, 0.5) is 0 Å². The molecule has 0 saturated heterocycles. The molecule has 0 bridgehead atoms. The van der Waals surface area contributed by atoms with Crippen LogP contribution in [0.25, 0.3) is 0 Å². The lowest BCUT2D eigenvalue weighted by Crippen LogP contribution is -2.04. The minimum atomic E-state index is 0.621. The first-order valence-electron chi connectivity index (χ1n) is 10.1. The first kappa shape index (κ1) is 19.0. The predicted octanol–water partition coefficient (Wildman–Crippen LogP) is 6.54. The molecule has 27 heavy (non-hydrogen) atoms. The van der Waals surface area contributed by atoms with E-state index >= 15 is 0 Å². The first-order chi connectivity index (χ1) is 13.3. The molecular weight excluding hydrogens is 326 g/mol. The fraction of sp³-hybridized carbons (Fsp3) is 0.346. The molecule has 0 radical (unpaired) electrons. The number of nitriles is 1. The number of rotatable bonds is 5. The molecule has 0 saturated carbocycles. The Balaban J connectivity index is 1.56. The highest BCUT2D eigenvalue weighted by Crippen LogP contribution is 2.32. The monoisotopic (exact) mass is 353 g/mol. The molecule has 1 aliphatic rings. The van der Waals surface area contributed by atoms with Gasteiger partial charge in [-0.15, -0.1) is 0 Å². The van der Waals surface area contributed by atoms with Crippen molar-refractivity contribution >= 4 is 0 Å². The average Bonchev–Trinajstić information content (AvgIpc) is 2.74. The fourth-order valence-corrected chi connectivity index (χ4v) is 3.57. The fourth-order valence-electron chi connectivity index (χ4n) is 3.57. The Hall–Kier alpha value is -2.77. The van der Waals surface area contributed by atoms with Gasteiger partial charge in [-0.1, -0.05) is 61.9 Å². The van der Waals surface area contributed by atoms with E-state index in [9.17, 15) is 0 Å². The van der Waals surface area contributed by atoms with Crippen molar-refractivity contribution in [2.24, 2.45) is 0 Å². The average molecular weight is 354 g/mol. The number of nitrogens with zero attached hydrogens (tertiary/aromatic N) is 1. The maximum absolute atomic E-state index is 8.85. The number of aryl methyl sites for hydroxylation is 1. The summed E-state index contributed by atoms with van der Waals surface area (Å²) in [6.45, 7) is 2.25. The topological polar surface area (TPSA) is 23.8 Å². The minimum absolute atomic E-state index is 0.621. The second-order valence-electron chi connectivity index (χ2n) is 7.34. The molecular formula is C26H27N. The summed E-state index contributed by atoms with van der Waals surface area (Å²) in [7, 11) is 0. The van der Waals surface area contributed by atoms with Crippen molar-refractivity contribution in [2.75, 3.05) is 0 Å². The molecule has 2 aromatic carbocycles. The van der Waals surface area contributed by atoms with Crippen molar-refractivity contribution in [3.05, 3.63) is 82.4 Å². The lowest BCUT2D eigenvalue weighted by atomic mass is 9.84. The number of allylic oxidation sites excluding steroid dienone is 2. The van der Waals surface area contributed by atoms with Gasteiger partial charge in [0, 0.05) is 5.56 Å². The van der Waals surface area contributed by atoms with Crippen LogP contribution in [0.1, 0.15) is 73.6 Å². The third-order valence-electron chi connectivity index (χ3n) is 5.31. The number of hydrogen-bond acceptors (Lipinski definition) is 1. The lowest BCUT2D eigenvalue weighted by Gasteiger charge is -2.20. The summed E-state index contributed by atoms with van der Waals surface area (Å²) in [6, 6.07) is 18.9. The van der Waals surface area contributed by atoms with Crippen LogP contribution >= 0.6 is 0 Å². The second kappa shape index (κ2) is 9.80.